The van der Waals surface area contributed by atoms with Gasteiger partial charge in [-0.15, -0.1) is 0 Å². The molecule has 94 valence electrons. The van der Waals surface area contributed by atoms with E-state index in [1.807, 2.05) is 0 Å². The molecule has 0 heterocycles. The highest BCUT2D eigenvalue weighted by Crippen LogP contribution is 2.23. The summed E-state index contributed by atoms with van der Waals surface area (Å²) in [6.07, 6.45) is 0. The number of hydrogen-bond acceptors (Lipinski definition) is 1. The SMILES string of the molecule is CCN(CC)C(=O)Nc1c(F)cc(Br)cc1F. The summed E-state index contributed by atoms with van der Waals surface area (Å²) < 4.78 is 27.2. The third-order valence-electron chi connectivity index (χ3n) is 2.29. The zero-order valence-electron chi connectivity index (χ0n) is 9.56. The van der Waals surface area contributed by atoms with Crippen molar-refractivity contribution in [3.63, 3.8) is 0 Å². The Morgan fingerprint density at radius 2 is 1.76 bits per heavy atom. The van der Waals surface area contributed by atoms with E-state index in [0.717, 1.165) is 12.1 Å². The van der Waals surface area contributed by atoms with E-state index in [1.54, 1.807) is 13.8 Å². The van der Waals surface area contributed by atoms with Gasteiger partial charge in [0, 0.05) is 17.6 Å². The minimum Gasteiger partial charge on any atom is -0.325 e. The lowest BCUT2D eigenvalue weighted by molar-refractivity contribution is 0.217. The Bertz CT molecular complexity index is 399. The monoisotopic (exact) mass is 306 g/mol. The molecule has 2 amide bonds. The Balaban J connectivity index is 2.92. The van der Waals surface area contributed by atoms with Crippen molar-refractivity contribution in [1.82, 2.24) is 4.90 Å². The summed E-state index contributed by atoms with van der Waals surface area (Å²) in [6, 6.07) is 1.68. The fourth-order valence-corrected chi connectivity index (χ4v) is 1.76. The summed E-state index contributed by atoms with van der Waals surface area (Å²) >= 11 is 2.97. The van der Waals surface area contributed by atoms with Crippen LogP contribution in [0.4, 0.5) is 19.3 Å². The molecule has 17 heavy (non-hydrogen) atoms. The molecule has 0 unspecified atom stereocenters. The first kappa shape index (κ1) is 13.9. The van der Waals surface area contributed by atoms with Gasteiger partial charge in [0.1, 0.15) is 5.69 Å². The molecule has 0 atom stereocenters. The van der Waals surface area contributed by atoms with Crippen LogP contribution in [0.3, 0.4) is 0 Å². The summed E-state index contributed by atoms with van der Waals surface area (Å²) in [5, 5.41) is 2.22. The van der Waals surface area contributed by atoms with Gasteiger partial charge >= 0.3 is 6.03 Å². The molecule has 1 aromatic carbocycles. The Labute approximate surface area is 107 Å². The maximum atomic E-state index is 13.4. The number of carbonyl (C=O) groups excluding carboxylic acids is 1. The number of nitrogens with zero attached hydrogens (tertiary/aromatic N) is 1. The minimum atomic E-state index is -0.808. The van der Waals surface area contributed by atoms with Gasteiger partial charge in [-0.25, -0.2) is 13.6 Å². The molecular weight excluding hydrogens is 294 g/mol. The number of carbonyl (C=O) groups is 1. The van der Waals surface area contributed by atoms with Crippen LogP contribution in [0.5, 0.6) is 0 Å². The molecule has 3 nitrogen and oxygen atoms in total. The number of benzene rings is 1. The Morgan fingerprint density at radius 1 is 1.29 bits per heavy atom. The van der Waals surface area contributed by atoms with Gasteiger partial charge in [0.15, 0.2) is 11.6 Å². The maximum Gasteiger partial charge on any atom is 0.321 e. The van der Waals surface area contributed by atoms with Crippen molar-refractivity contribution in [2.24, 2.45) is 0 Å². The molecule has 0 aliphatic rings. The number of hydrogen-bond donors (Lipinski definition) is 1. The van der Waals surface area contributed by atoms with Gasteiger partial charge in [-0.1, -0.05) is 15.9 Å². The quantitative estimate of drug-likeness (QED) is 0.909. The van der Waals surface area contributed by atoms with Gasteiger partial charge in [0.2, 0.25) is 0 Å². The summed E-state index contributed by atoms with van der Waals surface area (Å²) in [7, 11) is 0. The van der Waals surface area contributed by atoms with Crippen LogP contribution in [0, 0.1) is 11.6 Å². The lowest BCUT2D eigenvalue weighted by atomic mass is 10.3. The number of urea groups is 1. The second-order valence-corrected chi connectivity index (χ2v) is 4.26. The smallest absolute Gasteiger partial charge is 0.321 e. The molecule has 1 rings (SSSR count). The highest BCUT2D eigenvalue weighted by Gasteiger charge is 2.16. The Morgan fingerprint density at radius 3 is 2.18 bits per heavy atom. The third kappa shape index (κ3) is 3.39. The van der Waals surface area contributed by atoms with Gasteiger partial charge < -0.3 is 10.2 Å². The highest BCUT2D eigenvalue weighted by molar-refractivity contribution is 9.10. The third-order valence-corrected chi connectivity index (χ3v) is 2.75. The Kier molecular flexibility index (Phi) is 4.86. The highest BCUT2D eigenvalue weighted by atomic mass is 79.9. The minimum absolute atomic E-state index is 0.285. The maximum absolute atomic E-state index is 13.4. The normalized spacial score (nSPS) is 10.2. The van der Waals surface area contributed by atoms with Gasteiger partial charge in [-0.05, 0) is 26.0 Å². The number of nitrogens with one attached hydrogen (secondary N) is 1. The Hall–Kier alpha value is -1.17. The molecule has 1 N–H and O–H groups in total. The van der Waals surface area contributed by atoms with Crippen LogP contribution in [0.15, 0.2) is 16.6 Å². The number of rotatable bonds is 3. The van der Waals surface area contributed by atoms with E-state index in [-0.39, 0.29) is 4.47 Å². The predicted molar refractivity (Wildman–Crippen MR) is 66.0 cm³/mol. The lowest BCUT2D eigenvalue weighted by Gasteiger charge is -2.19. The van der Waals surface area contributed by atoms with Gasteiger partial charge in [0.25, 0.3) is 0 Å². The van der Waals surface area contributed by atoms with Crippen molar-refractivity contribution in [2.75, 3.05) is 18.4 Å². The fourth-order valence-electron chi connectivity index (χ4n) is 1.36. The second kappa shape index (κ2) is 5.95. The van der Waals surface area contributed by atoms with Crippen LogP contribution < -0.4 is 5.32 Å². The molecule has 0 aromatic heterocycles. The van der Waals surface area contributed by atoms with Gasteiger partial charge in [0.05, 0.1) is 0 Å². The van der Waals surface area contributed by atoms with Gasteiger partial charge in [-0.3, -0.25) is 0 Å². The largest absolute Gasteiger partial charge is 0.325 e. The molecule has 0 bridgehead atoms. The van der Waals surface area contributed by atoms with E-state index >= 15 is 0 Å². The summed E-state index contributed by atoms with van der Waals surface area (Å²) in [4.78, 5) is 13.1. The van der Waals surface area contributed by atoms with Crippen molar-refractivity contribution in [3.8, 4) is 0 Å². The van der Waals surface area contributed by atoms with Crippen molar-refractivity contribution >= 4 is 27.6 Å². The first-order chi connectivity index (χ1) is 7.99. The average Bonchev–Trinajstić information content (AvgIpc) is 2.25. The van der Waals surface area contributed by atoms with Crippen LogP contribution in [0.1, 0.15) is 13.8 Å². The molecule has 0 aliphatic carbocycles. The molecule has 6 heteroatoms. The molecule has 0 fully saturated rings. The topological polar surface area (TPSA) is 32.3 Å². The van der Waals surface area contributed by atoms with E-state index in [1.165, 1.54) is 4.90 Å². The zero-order valence-corrected chi connectivity index (χ0v) is 11.1. The molecule has 0 spiro atoms. The van der Waals surface area contributed by atoms with Crippen molar-refractivity contribution in [3.05, 3.63) is 28.2 Å². The van der Waals surface area contributed by atoms with E-state index in [0.29, 0.717) is 13.1 Å². The summed E-state index contributed by atoms with van der Waals surface area (Å²) in [5.41, 5.74) is -0.426. The van der Waals surface area contributed by atoms with Crippen LogP contribution in [0.25, 0.3) is 0 Å². The van der Waals surface area contributed by atoms with Crippen LogP contribution in [-0.2, 0) is 0 Å². The van der Waals surface area contributed by atoms with Crippen LogP contribution in [-0.4, -0.2) is 24.0 Å². The lowest BCUT2D eigenvalue weighted by Crippen LogP contribution is -2.35. The first-order valence-corrected chi connectivity index (χ1v) is 5.99. The summed E-state index contributed by atoms with van der Waals surface area (Å²) in [6.45, 7) is 4.53. The van der Waals surface area contributed by atoms with Crippen LogP contribution >= 0.6 is 15.9 Å². The molecule has 0 saturated heterocycles. The molecular formula is C11H13BrF2N2O. The number of anilines is 1. The van der Waals surface area contributed by atoms with E-state index in [9.17, 15) is 13.6 Å². The van der Waals surface area contributed by atoms with E-state index in [4.69, 9.17) is 0 Å². The fraction of sp³-hybridized carbons (Fsp3) is 0.364. The van der Waals surface area contributed by atoms with Gasteiger partial charge in [-0.2, -0.15) is 0 Å². The van der Waals surface area contributed by atoms with Crippen LogP contribution in [0.2, 0.25) is 0 Å². The summed E-state index contributed by atoms with van der Waals surface area (Å²) in [5.74, 6) is -1.62. The predicted octanol–water partition coefficient (Wildman–Crippen LogP) is 3.60. The van der Waals surface area contributed by atoms with Crippen molar-refractivity contribution in [2.45, 2.75) is 13.8 Å². The van der Waals surface area contributed by atoms with Crippen molar-refractivity contribution < 1.29 is 13.6 Å². The number of amides is 2. The second-order valence-electron chi connectivity index (χ2n) is 3.35. The molecule has 0 aliphatic heterocycles. The molecule has 0 radical (unpaired) electrons. The standard InChI is InChI=1S/C11H13BrF2N2O/c1-3-16(4-2)11(17)15-10-8(13)5-7(12)6-9(10)14/h5-6H,3-4H2,1-2H3,(H,15,17). The average molecular weight is 307 g/mol. The van der Waals surface area contributed by atoms with Crippen molar-refractivity contribution in [1.29, 1.82) is 0 Å². The number of halogens is 3. The molecule has 1 aromatic rings. The van der Waals surface area contributed by atoms with E-state index < -0.39 is 23.4 Å². The zero-order chi connectivity index (χ0) is 13.0. The first-order valence-electron chi connectivity index (χ1n) is 5.20. The molecule has 0 saturated carbocycles. The van der Waals surface area contributed by atoms with E-state index in [2.05, 4.69) is 21.2 Å².